The molecule has 0 fully saturated rings. The predicted molar refractivity (Wildman–Crippen MR) is 76.6 cm³/mol. The quantitative estimate of drug-likeness (QED) is 0.866. The van der Waals surface area contributed by atoms with E-state index in [2.05, 4.69) is 5.32 Å². The molecular weight excluding hydrogens is 262 g/mol. The molecule has 0 saturated heterocycles. The second-order valence-corrected chi connectivity index (χ2v) is 7.23. The lowest BCUT2D eigenvalue weighted by Gasteiger charge is -2.27. The van der Waals surface area contributed by atoms with Crippen molar-refractivity contribution in [2.45, 2.75) is 52.7 Å². The third kappa shape index (κ3) is 4.06. The molecule has 5 heteroatoms. The summed E-state index contributed by atoms with van der Waals surface area (Å²) in [6.07, 6.45) is 0.149. The summed E-state index contributed by atoms with van der Waals surface area (Å²) in [5, 5.41) is 2.65. The Hall–Kier alpha value is -1.36. The van der Waals surface area contributed by atoms with Gasteiger partial charge in [0, 0.05) is 9.75 Å². The van der Waals surface area contributed by atoms with Gasteiger partial charge in [-0.25, -0.2) is 4.79 Å². The van der Waals surface area contributed by atoms with Crippen LogP contribution in [0.25, 0.3) is 0 Å². The molecule has 0 aliphatic carbocycles. The van der Waals surface area contributed by atoms with E-state index in [0.29, 0.717) is 0 Å². The van der Waals surface area contributed by atoms with E-state index in [1.54, 1.807) is 39.0 Å². The second-order valence-electron chi connectivity index (χ2n) is 5.77. The molecule has 0 spiro atoms. The highest BCUT2D eigenvalue weighted by Gasteiger charge is 2.32. The fourth-order valence-electron chi connectivity index (χ4n) is 1.82. The van der Waals surface area contributed by atoms with Gasteiger partial charge in [-0.1, -0.05) is 0 Å². The summed E-state index contributed by atoms with van der Waals surface area (Å²) in [7, 11) is 0. The first-order chi connectivity index (χ1) is 8.57. The lowest BCUT2D eigenvalue weighted by molar-refractivity contribution is -0.113. The van der Waals surface area contributed by atoms with Crippen LogP contribution in [0.1, 0.15) is 43.0 Å². The van der Waals surface area contributed by atoms with E-state index >= 15 is 0 Å². The summed E-state index contributed by atoms with van der Waals surface area (Å²) in [5.74, 6) is 0. The van der Waals surface area contributed by atoms with Gasteiger partial charge in [-0.15, -0.1) is 11.3 Å². The molecule has 1 heterocycles. The Bertz CT molecular complexity index is 487. The Morgan fingerprint density at radius 3 is 2.26 bits per heavy atom. The second kappa shape index (κ2) is 5.33. The Morgan fingerprint density at radius 1 is 1.32 bits per heavy atom. The van der Waals surface area contributed by atoms with Crippen LogP contribution in [0.4, 0.5) is 4.79 Å². The zero-order valence-corrected chi connectivity index (χ0v) is 13.1. The zero-order chi connectivity index (χ0) is 14.8. The average molecular weight is 283 g/mol. The lowest BCUT2D eigenvalue weighted by atomic mass is 9.94. The van der Waals surface area contributed by atoms with Gasteiger partial charge in [-0.05, 0) is 53.2 Å². The molecule has 1 atom stereocenters. The van der Waals surface area contributed by atoms with Gasteiger partial charge in [-0.3, -0.25) is 0 Å². The van der Waals surface area contributed by atoms with Crippen LogP contribution in [0, 0.1) is 13.8 Å². The van der Waals surface area contributed by atoms with E-state index in [1.807, 2.05) is 19.9 Å². The van der Waals surface area contributed by atoms with Crippen LogP contribution in [0.2, 0.25) is 0 Å². The van der Waals surface area contributed by atoms with Crippen LogP contribution >= 0.6 is 11.3 Å². The Morgan fingerprint density at radius 2 is 1.89 bits per heavy atom. The summed E-state index contributed by atoms with van der Waals surface area (Å²) in [6, 6.07) is 1.92. The van der Waals surface area contributed by atoms with Crippen molar-refractivity contribution in [2.75, 3.05) is 0 Å². The van der Waals surface area contributed by atoms with Crippen molar-refractivity contribution < 1.29 is 14.3 Å². The van der Waals surface area contributed by atoms with Gasteiger partial charge in [0.2, 0.25) is 0 Å². The number of aldehydes is 1. The van der Waals surface area contributed by atoms with E-state index in [-0.39, 0.29) is 0 Å². The lowest BCUT2D eigenvalue weighted by Crippen LogP contribution is -2.47. The number of aryl methyl sites for hydroxylation is 2. The monoisotopic (exact) mass is 283 g/mol. The summed E-state index contributed by atoms with van der Waals surface area (Å²) >= 11 is 1.60. The Balaban J connectivity index is 2.96. The molecule has 0 aliphatic heterocycles. The summed E-state index contributed by atoms with van der Waals surface area (Å²) in [4.78, 5) is 25.4. The standard InChI is InChI=1S/C14H21NO3S/c1-9-7-11(10(2)19-9)14(6,8-16)15-12(17)18-13(3,4)5/h7-8H,1-6H3,(H,15,17). The molecule has 0 radical (unpaired) electrons. The minimum atomic E-state index is -1.06. The molecule has 4 nitrogen and oxygen atoms in total. The molecule has 0 bridgehead atoms. The fourth-order valence-corrected chi connectivity index (χ4v) is 2.86. The molecule has 0 aliphatic rings. The van der Waals surface area contributed by atoms with Crippen molar-refractivity contribution >= 4 is 23.7 Å². The summed E-state index contributed by atoms with van der Waals surface area (Å²) in [5.41, 5.74) is -0.833. The van der Waals surface area contributed by atoms with Crippen LogP contribution < -0.4 is 5.32 Å². The number of hydrogen-bond acceptors (Lipinski definition) is 4. The van der Waals surface area contributed by atoms with E-state index in [4.69, 9.17) is 4.74 Å². The molecule has 0 saturated carbocycles. The minimum Gasteiger partial charge on any atom is -0.444 e. The number of hydrogen-bond donors (Lipinski definition) is 1. The van der Waals surface area contributed by atoms with Gasteiger partial charge in [-0.2, -0.15) is 0 Å². The number of alkyl carbamates (subject to hydrolysis) is 1. The molecule has 1 unspecified atom stereocenters. The van der Waals surface area contributed by atoms with Crippen molar-refractivity contribution in [3.8, 4) is 0 Å². The molecular formula is C14H21NO3S. The number of thiophene rings is 1. The third-order valence-electron chi connectivity index (χ3n) is 2.60. The van der Waals surface area contributed by atoms with Crippen molar-refractivity contribution in [3.63, 3.8) is 0 Å². The number of rotatable bonds is 3. The fraction of sp³-hybridized carbons (Fsp3) is 0.571. The topological polar surface area (TPSA) is 55.4 Å². The summed E-state index contributed by atoms with van der Waals surface area (Å²) < 4.78 is 5.20. The average Bonchev–Trinajstić information content (AvgIpc) is 2.55. The van der Waals surface area contributed by atoms with Crippen molar-refractivity contribution in [3.05, 3.63) is 21.4 Å². The number of ether oxygens (including phenoxy) is 1. The van der Waals surface area contributed by atoms with E-state index in [9.17, 15) is 9.59 Å². The maximum Gasteiger partial charge on any atom is 0.408 e. The molecule has 1 amide bonds. The highest BCUT2D eigenvalue weighted by molar-refractivity contribution is 7.12. The first-order valence-corrected chi connectivity index (χ1v) is 6.94. The Labute approximate surface area is 118 Å². The highest BCUT2D eigenvalue weighted by atomic mass is 32.1. The molecule has 106 valence electrons. The van der Waals surface area contributed by atoms with Crippen molar-refractivity contribution in [1.82, 2.24) is 5.32 Å². The SMILES string of the molecule is Cc1cc(C(C)(C=O)NC(=O)OC(C)(C)C)c(C)s1. The molecule has 1 N–H and O–H groups in total. The number of carbonyl (C=O) groups is 2. The van der Waals surface area contributed by atoms with Crippen LogP contribution in [0.5, 0.6) is 0 Å². The maximum atomic E-state index is 11.8. The maximum absolute atomic E-state index is 11.8. The van der Waals surface area contributed by atoms with Gasteiger partial charge in [0.15, 0.2) is 0 Å². The number of nitrogens with one attached hydrogen (secondary N) is 1. The molecule has 1 rings (SSSR count). The molecule has 1 aromatic rings. The molecule has 0 aromatic carbocycles. The van der Waals surface area contributed by atoms with Gasteiger partial charge in [0.1, 0.15) is 17.4 Å². The van der Waals surface area contributed by atoms with Crippen LogP contribution in [-0.4, -0.2) is 18.0 Å². The van der Waals surface area contributed by atoms with Crippen molar-refractivity contribution in [1.29, 1.82) is 0 Å². The van der Waals surface area contributed by atoms with E-state index < -0.39 is 17.2 Å². The van der Waals surface area contributed by atoms with E-state index in [1.165, 1.54) is 0 Å². The smallest absolute Gasteiger partial charge is 0.408 e. The van der Waals surface area contributed by atoms with Gasteiger partial charge in [0.25, 0.3) is 0 Å². The van der Waals surface area contributed by atoms with Crippen LogP contribution in [-0.2, 0) is 15.1 Å². The number of carbonyl (C=O) groups excluding carboxylic acids is 2. The minimum absolute atomic E-state index is 0.590. The predicted octanol–water partition coefficient (Wildman–Crippen LogP) is 3.30. The third-order valence-corrected chi connectivity index (χ3v) is 3.56. The molecule has 1 aromatic heterocycles. The highest BCUT2D eigenvalue weighted by Crippen LogP contribution is 2.29. The summed E-state index contributed by atoms with van der Waals surface area (Å²) in [6.45, 7) is 10.9. The van der Waals surface area contributed by atoms with Crippen LogP contribution in [0.15, 0.2) is 6.07 Å². The number of amides is 1. The van der Waals surface area contributed by atoms with Gasteiger partial charge >= 0.3 is 6.09 Å². The van der Waals surface area contributed by atoms with Crippen molar-refractivity contribution in [2.24, 2.45) is 0 Å². The van der Waals surface area contributed by atoms with Gasteiger partial charge < -0.3 is 14.8 Å². The normalized spacial score (nSPS) is 14.6. The molecule has 19 heavy (non-hydrogen) atoms. The zero-order valence-electron chi connectivity index (χ0n) is 12.3. The van der Waals surface area contributed by atoms with E-state index in [0.717, 1.165) is 21.6 Å². The Kier molecular flexibility index (Phi) is 4.40. The first kappa shape index (κ1) is 15.7. The first-order valence-electron chi connectivity index (χ1n) is 6.12. The largest absolute Gasteiger partial charge is 0.444 e. The van der Waals surface area contributed by atoms with Gasteiger partial charge in [0.05, 0.1) is 0 Å². The van der Waals surface area contributed by atoms with Crippen LogP contribution in [0.3, 0.4) is 0 Å².